The Bertz CT molecular complexity index is 150. The second kappa shape index (κ2) is 3.55. The highest BCUT2D eigenvalue weighted by Gasteiger charge is 2.37. The number of rotatable bonds is 0. The molecule has 0 unspecified atom stereocenters. The lowest BCUT2D eigenvalue weighted by Gasteiger charge is -2.40. The van der Waals surface area contributed by atoms with Gasteiger partial charge in [-0.15, -0.1) is 11.6 Å². The maximum Gasteiger partial charge on any atom is 0.0736 e. The van der Waals surface area contributed by atoms with Crippen molar-refractivity contribution in [1.29, 1.82) is 0 Å². The van der Waals surface area contributed by atoms with Gasteiger partial charge in [0.05, 0.1) is 11.5 Å². The van der Waals surface area contributed by atoms with Crippen molar-refractivity contribution in [2.24, 2.45) is 11.3 Å². The van der Waals surface area contributed by atoms with Crippen LogP contribution in [0.2, 0.25) is 0 Å². The third-order valence-electron chi connectivity index (χ3n) is 2.89. The molecule has 0 saturated heterocycles. The van der Waals surface area contributed by atoms with Crippen LogP contribution >= 0.6 is 11.6 Å². The van der Waals surface area contributed by atoms with Crippen LogP contribution in [0.15, 0.2) is 0 Å². The summed E-state index contributed by atoms with van der Waals surface area (Å²) in [4.78, 5) is 0. The predicted octanol–water partition coefficient (Wildman–Crippen LogP) is 2.80. The van der Waals surface area contributed by atoms with Crippen LogP contribution in [0.4, 0.5) is 0 Å². The van der Waals surface area contributed by atoms with Gasteiger partial charge in [0.1, 0.15) is 0 Å². The van der Waals surface area contributed by atoms with Gasteiger partial charge >= 0.3 is 0 Å². The molecule has 0 aromatic heterocycles. The Kier molecular flexibility index (Phi) is 3.06. The Hall–Kier alpha value is 0.250. The molecule has 1 aliphatic rings. The zero-order valence-electron chi connectivity index (χ0n) is 8.18. The first-order valence-electron chi connectivity index (χ1n) is 4.75. The van der Waals surface area contributed by atoms with Crippen molar-refractivity contribution in [3.63, 3.8) is 0 Å². The molecule has 0 aliphatic heterocycles. The molecular weight excluding hydrogens is 172 g/mol. The van der Waals surface area contributed by atoms with E-state index in [0.29, 0.717) is 5.92 Å². The highest BCUT2D eigenvalue weighted by Crippen LogP contribution is 2.39. The van der Waals surface area contributed by atoms with Crippen LogP contribution in [0, 0.1) is 11.3 Å². The van der Waals surface area contributed by atoms with Gasteiger partial charge in [0.2, 0.25) is 0 Å². The third kappa shape index (κ3) is 2.14. The molecule has 0 spiro atoms. The van der Waals surface area contributed by atoms with E-state index in [9.17, 15) is 5.11 Å². The molecule has 0 amide bonds. The average Bonchev–Trinajstić information content (AvgIpc) is 1.92. The average molecular weight is 191 g/mol. The summed E-state index contributed by atoms with van der Waals surface area (Å²) in [7, 11) is 0. The minimum absolute atomic E-state index is 0.0250. The van der Waals surface area contributed by atoms with Crippen molar-refractivity contribution in [1.82, 2.24) is 0 Å². The van der Waals surface area contributed by atoms with E-state index < -0.39 is 0 Å². The van der Waals surface area contributed by atoms with E-state index in [1.807, 2.05) is 0 Å². The molecule has 1 saturated carbocycles. The van der Waals surface area contributed by atoms with Crippen LogP contribution in [0.1, 0.15) is 40.0 Å². The highest BCUT2D eigenvalue weighted by atomic mass is 35.5. The molecule has 12 heavy (non-hydrogen) atoms. The summed E-state index contributed by atoms with van der Waals surface area (Å²) in [6, 6.07) is 0. The number of halogens is 1. The molecule has 3 atom stereocenters. The molecule has 0 bridgehead atoms. The molecule has 1 aliphatic carbocycles. The predicted molar refractivity (Wildman–Crippen MR) is 52.4 cm³/mol. The van der Waals surface area contributed by atoms with Gasteiger partial charge in [-0.3, -0.25) is 0 Å². The fraction of sp³-hybridized carbons (Fsp3) is 1.00. The van der Waals surface area contributed by atoms with Crippen LogP contribution in [-0.4, -0.2) is 16.6 Å². The van der Waals surface area contributed by atoms with Crippen LogP contribution in [-0.2, 0) is 0 Å². The quantitative estimate of drug-likeness (QED) is 0.583. The zero-order chi connectivity index (χ0) is 9.35. The molecule has 72 valence electrons. The van der Waals surface area contributed by atoms with Gasteiger partial charge in [-0.25, -0.2) is 0 Å². The normalized spacial score (nSPS) is 38.2. The minimum Gasteiger partial charge on any atom is -0.391 e. The number of alkyl halides is 1. The largest absolute Gasteiger partial charge is 0.391 e. The summed E-state index contributed by atoms with van der Waals surface area (Å²) in [6.07, 6.45) is 2.94. The first kappa shape index (κ1) is 10.3. The third-order valence-corrected chi connectivity index (χ3v) is 3.37. The van der Waals surface area contributed by atoms with E-state index in [1.54, 1.807) is 0 Å². The monoisotopic (exact) mass is 190 g/mol. The van der Waals surface area contributed by atoms with E-state index >= 15 is 0 Å². The molecule has 0 aromatic rings. The molecule has 1 rings (SSSR count). The first-order chi connectivity index (χ1) is 5.43. The fourth-order valence-electron chi connectivity index (χ4n) is 2.07. The van der Waals surface area contributed by atoms with Crippen LogP contribution in [0.25, 0.3) is 0 Å². The number of hydrogen-bond donors (Lipinski definition) is 1. The minimum atomic E-state index is -0.305. The molecule has 0 radical (unpaired) electrons. The van der Waals surface area contributed by atoms with E-state index in [0.717, 1.165) is 19.3 Å². The maximum absolute atomic E-state index is 9.84. The second-order valence-electron chi connectivity index (χ2n) is 4.91. The Morgan fingerprint density at radius 1 is 1.25 bits per heavy atom. The van der Waals surface area contributed by atoms with Gasteiger partial charge < -0.3 is 5.11 Å². The zero-order valence-corrected chi connectivity index (χ0v) is 8.93. The van der Waals surface area contributed by atoms with E-state index in [1.165, 1.54) is 0 Å². The van der Waals surface area contributed by atoms with Gasteiger partial charge in [0.25, 0.3) is 0 Å². The Morgan fingerprint density at radius 3 is 2.25 bits per heavy atom. The van der Waals surface area contributed by atoms with Gasteiger partial charge in [-0.2, -0.15) is 0 Å². The van der Waals surface area contributed by atoms with Crippen molar-refractivity contribution in [3.8, 4) is 0 Å². The molecule has 1 fully saturated rings. The SMILES string of the molecule is CC(C)(C)[C@H]1CCC[C@@H](Cl)[C@@H]1O. The smallest absolute Gasteiger partial charge is 0.0736 e. The van der Waals surface area contributed by atoms with E-state index in [4.69, 9.17) is 11.6 Å². The van der Waals surface area contributed by atoms with Crippen molar-refractivity contribution in [2.75, 3.05) is 0 Å². The van der Waals surface area contributed by atoms with E-state index in [-0.39, 0.29) is 16.9 Å². The van der Waals surface area contributed by atoms with Crippen LogP contribution in [0.3, 0.4) is 0 Å². The maximum atomic E-state index is 9.84. The van der Waals surface area contributed by atoms with Crippen molar-refractivity contribution >= 4 is 11.6 Å². The second-order valence-corrected chi connectivity index (χ2v) is 5.47. The first-order valence-corrected chi connectivity index (χ1v) is 5.18. The summed E-state index contributed by atoms with van der Waals surface area (Å²) in [5, 5.41) is 9.82. The van der Waals surface area contributed by atoms with E-state index in [2.05, 4.69) is 20.8 Å². The van der Waals surface area contributed by atoms with Crippen LogP contribution in [0.5, 0.6) is 0 Å². The van der Waals surface area contributed by atoms with Gasteiger partial charge in [0, 0.05) is 0 Å². The molecular formula is C10H19ClO. The molecule has 1 nitrogen and oxygen atoms in total. The number of hydrogen-bond acceptors (Lipinski definition) is 1. The summed E-state index contributed by atoms with van der Waals surface area (Å²) >= 11 is 6.02. The summed E-state index contributed by atoms with van der Waals surface area (Å²) in [5.41, 5.74) is 0.187. The number of aliphatic hydroxyl groups is 1. The van der Waals surface area contributed by atoms with Gasteiger partial charge in [-0.1, -0.05) is 27.2 Å². The summed E-state index contributed by atoms with van der Waals surface area (Å²) < 4.78 is 0. The Labute approximate surface area is 80.1 Å². The van der Waals surface area contributed by atoms with Crippen molar-refractivity contribution < 1.29 is 5.11 Å². The van der Waals surface area contributed by atoms with Crippen molar-refractivity contribution in [3.05, 3.63) is 0 Å². The van der Waals surface area contributed by atoms with Gasteiger partial charge in [0.15, 0.2) is 0 Å². The van der Waals surface area contributed by atoms with Gasteiger partial charge in [-0.05, 0) is 24.2 Å². The Morgan fingerprint density at radius 2 is 1.83 bits per heavy atom. The molecule has 2 heteroatoms. The van der Waals surface area contributed by atoms with Crippen molar-refractivity contribution in [2.45, 2.75) is 51.5 Å². The molecule has 0 heterocycles. The molecule has 1 N–H and O–H groups in total. The lowest BCUT2D eigenvalue weighted by molar-refractivity contribution is 0.0137. The lowest BCUT2D eigenvalue weighted by atomic mass is 9.70. The summed E-state index contributed by atoms with van der Waals surface area (Å²) in [5.74, 6) is 0.369. The Balaban J connectivity index is 2.64. The topological polar surface area (TPSA) is 20.2 Å². The van der Waals surface area contributed by atoms with Crippen LogP contribution < -0.4 is 0 Å². The fourth-order valence-corrected chi connectivity index (χ4v) is 2.40. The lowest BCUT2D eigenvalue weighted by Crippen LogP contribution is -2.41. The number of aliphatic hydroxyl groups excluding tert-OH is 1. The highest BCUT2D eigenvalue weighted by molar-refractivity contribution is 6.21. The standard InChI is InChI=1S/C10H19ClO/c1-10(2,3)7-5-4-6-8(11)9(7)12/h7-9,12H,4-6H2,1-3H3/t7-,8+,9+/m0/s1. The molecule has 0 aromatic carbocycles. The summed E-state index contributed by atoms with van der Waals surface area (Å²) in [6.45, 7) is 6.53.